The molecule has 2 amide bonds. The van der Waals surface area contributed by atoms with Crippen molar-refractivity contribution in [1.29, 1.82) is 0 Å². The SMILES string of the molecule is CC(=O)c1cccc(NC(=O)N2C3CCC2CC(O)C3)c1. The summed E-state index contributed by atoms with van der Waals surface area (Å²) in [6.07, 6.45) is 2.97. The standard InChI is InChI=1S/C16H20N2O3/c1-10(19)11-3-2-4-12(7-11)17-16(21)18-13-5-6-14(18)9-15(20)8-13/h2-4,7,13-15,20H,5-6,8-9H2,1H3,(H,17,21). The van der Waals surface area contributed by atoms with Crippen LogP contribution in [0, 0.1) is 0 Å². The molecule has 2 fully saturated rings. The number of aliphatic hydroxyl groups excluding tert-OH is 1. The van der Waals surface area contributed by atoms with Gasteiger partial charge in [-0.1, -0.05) is 12.1 Å². The summed E-state index contributed by atoms with van der Waals surface area (Å²) >= 11 is 0. The molecule has 1 aromatic rings. The van der Waals surface area contributed by atoms with Gasteiger partial charge in [0.05, 0.1) is 6.10 Å². The Bertz CT molecular complexity index is 558. The van der Waals surface area contributed by atoms with Crippen LogP contribution in [0.1, 0.15) is 43.0 Å². The Morgan fingerprint density at radius 1 is 1.24 bits per heavy atom. The molecule has 0 spiro atoms. The lowest BCUT2D eigenvalue weighted by molar-refractivity contribution is 0.0580. The van der Waals surface area contributed by atoms with Gasteiger partial charge in [-0.3, -0.25) is 4.79 Å². The number of hydrogen-bond acceptors (Lipinski definition) is 3. The highest BCUT2D eigenvalue weighted by molar-refractivity contribution is 5.96. The van der Waals surface area contributed by atoms with Crippen LogP contribution < -0.4 is 5.32 Å². The van der Waals surface area contributed by atoms with Gasteiger partial charge in [0.1, 0.15) is 0 Å². The molecular weight excluding hydrogens is 268 g/mol. The first-order chi connectivity index (χ1) is 10.0. The number of Topliss-reactive ketones (excluding diaryl/α,β-unsaturated/α-hetero) is 1. The zero-order valence-electron chi connectivity index (χ0n) is 12.1. The Morgan fingerprint density at radius 2 is 1.90 bits per heavy atom. The van der Waals surface area contributed by atoms with Gasteiger partial charge < -0.3 is 15.3 Å². The van der Waals surface area contributed by atoms with Gasteiger partial charge in [-0.2, -0.15) is 0 Å². The number of ketones is 1. The highest BCUT2D eigenvalue weighted by atomic mass is 16.3. The number of urea groups is 1. The van der Waals surface area contributed by atoms with E-state index >= 15 is 0 Å². The van der Waals surface area contributed by atoms with Crippen LogP contribution in [0.5, 0.6) is 0 Å². The highest BCUT2D eigenvalue weighted by Gasteiger charge is 2.42. The topological polar surface area (TPSA) is 69.6 Å². The summed E-state index contributed by atoms with van der Waals surface area (Å²) in [6.45, 7) is 1.51. The van der Waals surface area contributed by atoms with Crippen LogP contribution in [0.3, 0.4) is 0 Å². The van der Waals surface area contributed by atoms with Gasteiger partial charge in [0, 0.05) is 23.3 Å². The van der Waals surface area contributed by atoms with Gasteiger partial charge in [-0.15, -0.1) is 0 Å². The minimum atomic E-state index is -0.285. The van der Waals surface area contributed by atoms with E-state index in [9.17, 15) is 14.7 Å². The Hall–Kier alpha value is -1.88. The molecular formula is C16H20N2O3. The van der Waals surface area contributed by atoms with E-state index in [1.165, 1.54) is 6.92 Å². The lowest BCUT2D eigenvalue weighted by Gasteiger charge is -2.37. The highest BCUT2D eigenvalue weighted by Crippen LogP contribution is 2.36. The van der Waals surface area contributed by atoms with Crippen molar-refractivity contribution in [2.75, 3.05) is 5.32 Å². The van der Waals surface area contributed by atoms with Crippen molar-refractivity contribution in [3.63, 3.8) is 0 Å². The molecule has 0 aromatic heterocycles. The summed E-state index contributed by atoms with van der Waals surface area (Å²) in [5.74, 6) is -0.0211. The third-order valence-electron chi connectivity index (χ3n) is 4.46. The molecule has 1 aromatic carbocycles. The third-order valence-corrected chi connectivity index (χ3v) is 4.46. The number of aliphatic hydroxyl groups is 1. The van der Waals surface area contributed by atoms with Crippen molar-refractivity contribution < 1.29 is 14.7 Å². The molecule has 2 bridgehead atoms. The van der Waals surface area contributed by atoms with Crippen molar-refractivity contribution in [2.45, 2.75) is 50.8 Å². The minimum absolute atomic E-state index is 0.0211. The molecule has 2 aliphatic heterocycles. The lowest BCUT2D eigenvalue weighted by atomic mass is 10.0. The summed E-state index contributed by atoms with van der Waals surface area (Å²) in [4.78, 5) is 25.7. The van der Waals surface area contributed by atoms with Gasteiger partial charge in [0.25, 0.3) is 0 Å². The largest absolute Gasteiger partial charge is 0.393 e. The van der Waals surface area contributed by atoms with E-state index in [-0.39, 0.29) is 30.0 Å². The number of carbonyl (C=O) groups excluding carboxylic acids is 2. The Labute approximate surface area is 123 Å². The molecule has 2 heterocycles. The van der Waals surface area contributed by atoms with E-state index in [4.69, 9.17) is 0 Å². The Kier molecular flexibility index (Phi) is 3.68. The van der Waals surface area contributed by atoms with Crippen LogP contribution in [0.4, 0.5) is 10.5 Å². The normalized spacial score (nSPS) is 27.5. The molecule has 2 saturated heterocycles. The number of fused-ring (bicyclic) bond motifs is 2. The molecule has 2 aliphatic rings. The van der Waals surface area contributed by atoms with Crippen LogP contribution in [0.25, 0.3) is 0 Å². The summed E-state index contributed by atoms with van der Waals surface area (Å²) in [6, 6.07) is 7.12. The number of nitrogens with zero attached hydrogens (tertiary/aromatic N) is 1. The average Bonchev–Trinajstić information content (AvgIpc) is 2.71. The zero-order valence-corrected chi connectivity index (χ0v) is 12.1. The second-order valence-corrected chi connectivity index (χ2v) is 5.98. The molecule has 21 heavy (non-hydrogen) atoms. The maximum Gasteiger partial charge on any atom is 0.322 e. The van der Waals surface area contributed by atoms with Crippen LogP contribution in [0.2, 0.25) is 0 Å². The van der Waals surface area contributed by atoms with Crippen molar-refractivity contribution in [1.82, 2.24) is 4.90 Å². The van der Waals surface area contributed by atoms with Crippen LogP contribution in [0.15, 0.2) is 24.3 Å². The van der Waals surface area contributed by atoms with E-state index in [2.05, 4.69) is 5.32 Å². The number of nitrogens with one attached hydrogen (secondary N) is 1. The van der Waals surface area contributed by atoms with Crippen LogP contribution in [-0.4, -0.2) is 40.0 Å². The van der Waals surface area contributed by atoms with Crippen molar-refractivity contribution >= 4 is 17.5 Å². The zero-order chi connectivity index (χ0) is 15.0. The predicted octanol–water partition coefficient (Wildman–Crippen LogP) is 2.41. The van der Waals surface area contributed by atoms with Gasteiger partial charge in [-0.25, -0.2) is 4.79 Å². The number of hydrogen-bond donors (Lipinski definition) is 2. The van der Waals surface area contributed by atoms with Gasteiger partial charge >= 0.3 is 6.03 Å². The second kappa shape index (κ2) is 5.48. The van der Waals surface area contributed by atoms with E-state index < -0.39 is 0 Å². The van der Waals surface area contributed by atoms with Gasteiger partial charge in [0.2, 0.25) is 0 Å². The quantitative estimate of drug-likeness (QED) is 0.821. The fourth-order valence-corrected chi connectivity index (χ4v) is 3.48. The first-order valence-electron chi connectivity index (χ1n) is 7.43. The molecule has 2 unspecified atom stereocenters. The summed E-state index contributed by atoms with van der Waals surface area (Å²) in [5, 5.41) is 12.7. The molecule has 5 nitrogen and oxygen atoms in total. The van der Waals surface area contributed by atoms with Gasteiger partial charge in [-0.05, 0) is 44.7 Å². The van der Waals surface area contributed by atoms with Gasteiger partial charge in [0.15, 0.2) is 5.78 Å². The third kappa shape index (κ3) is 2.78. The molecule has 5 heteroatoms. The molecule has 112 valence electrons. The van der Waals surface area contributed by atoms with Crippen molar-refractivity contribution in [3.05, 3.63) is 29.8 Å². The smallest absolute Gasteiger partial charge is 0.322 e. The minimum Gasteiger partial charge on any atom is -0.393 e. The van der Waals surface area contributed by atoms with Crippen molar-refractivity contribution in [3.8, 4) is 0 Å². The van der Waals surface area contributed by atoms with E-state index in [1.54, 1.807) is 24.3 Å². The predicted molar refractivity (Wildman–Crippen MR) is 79.4 cm³/mol. The van der Waals surface area contributed by atoms with Crippen LogP contribution in [-0.2, 0) is 0 Å². The fraction of sp³-hybridized carbons (Fsp3) is 0.500. The number of anilines is 1. The average molecular weight is 288 g/mol. The number of amides is 2. The van der Waals surface area contributed by atoms with E-state index in [1.807, 2.05) is 4.90 Å². The van der Waals surface area contributed by atoms with E-state index in [0.29, 0.717) is 24.1 Å². The summed E-state index contributed by atoms with van der Waals surface area (Å²) < 4.78 is 0. The second-order valence-electron chi connectivity index (χ2n) is 5.98. The first kappa shape index (κ1) is 14.1. The summed E-state index contributed by atoms with van der Waals surface area (Å²) in [5.41, 5.74) is 1.23. The van der Waals surface area contributed by atoms with Crippen molar-refractivity contribution in [2.24, 2.45) is 0 Å². The summed E-state index contributed by atoms with van der Waals surface area (Å²) in [7, 11) is 0. The molecule has 2 N–H and O–H groups in total. The molecule has 2 atom stereocenters. The molecule has 0 radical (unpaired) electrons. The lowest BCUT2D eigenvalue weighted by Crippen LogP contribution is -2.49. The maximum atomic E-state index is 12.5. The number of carbonyl (C=O) groups is 2. The maximum absolute atomic E-state index is 12.5. The Morgan fingerprint density at radius 3 is 2.52 bits per heavy atom. The van der Waals surface area contributed by atoms with Crippen LogP contribution >= 0.6 is 0 Å². The first-order valence-corrected chi connectivity index (χ1v) is 7.43. The fourth-order valence-electron chi connectivity index (χ4n) is 3.48. The number of piperidine rings is 1. The molecule has 0 saturated carbocycles. The monoisotopic (exact) mass is 288 g/mol. The Balaban J connectivity index is 1.72. The molecule has 0 aliphatic carbocycles. The number of benzene rings is 1. The molecule has 3 rings (SSSR count). The van der Waals surface area contributed by atoms with E-state index in [0.717, 1.165) is 12.8 Å². The number of rotatable bonds is 2.